The zero-order valence-corrected chi connectivity index (χ0v) is 15.1. The minimum atomic E-state index is -0.204. The van der Waals surface area contributed by atoms with Gasteiger partial charge in [0.25, 0.3) is 0 Å². The third-order valence-electron chi connectivity index (χ3n) is 3.14. The zero-order chi connectivity index (χ0) is 17.6. The normalized spacial score (nSPS) is 10.5. The van der Waals surface area contributed by atoms with Crippen LogP contribution in [0.3, 0.4) is 0 Å². The summed E-state index contributed by atoms with van der Waals surface area (Å²) in [5, 5.41) is 12.3. The molecule has 0 fully saturated rings. The first-order chi connectivity index (χ1) is 12.1. The van der Waals surface area contributed by atoms with Gasteiger partial charge in [0, 0.05) is 6.20 Å². The molecule has 0 spiro atoms. The van der Waals surface area contributed by atoms with Crippen LogP contribution in [0.25, 0.3) is 11.4 Å². The summed E-state index contributed by atoms with van der Waals surface area (Å²) in [5.74, 6) is -0.0229. The second kappa shape index (κ2) is 8.29. The molecule has 3 rings (SSSR count). The van der Waals surface area contributed by atoms with Gasteiger partial charge in [0.05, 0.1) is 27.2 Å². The van der Waals surface area contributed by atoms with Gasteiger partial charge >= 0.3 is 0 Å². The fraction of sp³-hybridized carbons (Fsp3) is 0.0588. The molecule has 0 bridgehead atoms. The molecule has 5 nitrogen and oxygen atoms in total. The number of thioether (sulfide) groups is 1. The van der Waals surface area contributed by atoms with Crippen molar-refractivity contribution in [2.24, 2.45) is 0 Å². The van der Waals surface area contributed by atoms with E-state index in [1.54, 1.807) is 30.5 Å². The van der Waals surface area contributed by atoms with E-state index in [9.17, 15) is 4.79 Å². The Balaban J connectivity index is 1.58. The highest BCUT2D eigenvalue weighted by atomic mass is 35.5. The largest absolute Gasteiger partial charge is 0.324 e. The average molecular weight is 391 g/mol. The summed E-state index contributed by atoms with van der Waals surface area (Å²) in [6, 6.07) is 14.3. The van der Waals surface area contributed by atoms with Crippen LogP contribution in [0.4, 0.5) is 5.69 Å². The van der Waals surface area contributed by atoms with Gasteiger partial charge in [-0.2, -0.15) is 0 Å². The van der Waals surface area contributed by atoms with E-state index in [1.807, 2.05) is 24.3 Å². The number of amides is 1. The van der Waals surface area contributed by atoms with Gasteiger partial charge < -0.3 is 5.32 Å². The lowest BCUT2D eigenvalue weighted by molar-refractivity contribution is -0.113. The van der Waals surface area contributed by atoms with Gasteiger partial charge in [-0.25, -0.2) is 0 Å². The van der Waals surface area contributed by atoms with E-state index in [2.05, 4.69) is 20.5 Å². The predicted octanol–water partition coefficient (Wildman–Crippen LogP) is 4.58. The van der Waals surface area contributed by atoms with E-state index in [-0.39, 0.29) is 11.7 Å². The number of halogens is 2. The Hall–Kier alpha value is -2.15. The highest BCUT2D eigenvalue weighted by Crippen LogP contribution is 2.29. The number of aromatic nitrogens is 3. The van der Waals surface area contributed by atoms with E-state index in [4.69, 9.17) is 23.2 Å². The van der Waals surface area contributed by atoms with Gasteiger partial charge in [0.2, 0.25) is 5.91 Å². The first-order valence-electron chi connectivity index (χ1n) is 7.25. The number of hydrogen-bond acceptors (Lipinski definition) is 5. The minimum Gasteiger partial charge on any atom is -0.324 e. The number of nitrogens with one attached hydrogen (secondary N) is 1. The van der Waals surface area contributed by atoms with E-state index in [1.165, 1.54) is 11.8 Å². The van der Waals surface area contributed by atoms with Gasteiger partial charge in [0.1, 0.15) is 10.7 Å². The quantitative estimate of drug-likeness (QED) is 0.645. The zero-order valence-electron chi connectivity index (χ0n) is 12.8. The van der Waals surface area contributed by atoms with Crippen LogP contribution in [0.5, 0.6) is 0 Å². The lowest BCUT2D eigenvalue weighted by Gasteiger charge is -2.07. The Bertz CT molecular complexity index is 876. The maximum absolute atomic E-state index is 12.0. The van der Waals surface area contributed by atoms with Gasteiger partial charge in [-0.15, -0.1) is 10.2 Å². The van der Waals surface area contributed by atoms with Crippen molar-refractivity contribution in [3.63, 3.8) is 0 Å². The highest BCUT2D eigenvalue weighted by Gasteiger charge is 2.10. The van der Waals surface area contributed by atoms with Crippen LogP contribution < -0.4 is 5.32 Å². The Kier molecular flexibility index (Phi) is 5.86. The van der Waals surface area contributed by atoms with Crippen LogP contribution >= 0.6 is 35.0 Å². The molecule has 0 aliphatic heterocycles. The van der Waals surface area contributed by atoms with Crippen LogP contribution in [-0.4, -0.2) is 26.8 Å². The topological polar surface area (TPSA) is 67.8 Å². The summed E-state index contributed by atoms with van der Waals surface area (Å²) in [7, 11) is 0. The molecular formula is C17H12Cl2N4OS. The lowest BCUT2D eigenvalue weighted by Crippen LogP contribution is -2.14. The molecule has 25 heavy (non-hydrogen) atoms. The fourth-order valence-corrected chi connectivity index (χ4v) is 2.94. The van der Waals surface area contributed by atoms with Crippen molar-refractivity contribution in [2.75, 3.05) is 11.1 Å². The van der Waals surface area contributed by atoms with E-state index < -0.39 is 0 Å². The predicted molar refractivity (Wildman–Crippen MR) is 101 cm³/mol. The van der Waals surface area contributed by atoms with Crippen LogP contribution in [0.2, 0.25) is 10.0 Å². The van der Waals surface area contributed by atoms with Crippen LogP contribution in [0.15, 0.2) is 59.8 Å². The number of hydrogen-bond donors (Lipinski definition) is 1. The van der Waals surface area contributed by atoms with Crippen molar-refractivity contribution in [3.8, 4) is 11.4 Å². The number of nitrogens with zero attached hydrogens (tertiary/aromatic N) is 3. The molecule has 0 radical (unpaired) electrons. The molecule has 1 aromatic carbocycles. The number of carbonyl (C=O) groups is 1. The highest BCUT2D eigenvalue weighted by molar-refractivity contribution is 7.99. The van der Waals surface area contributed by atoms with E-state index in [0.717, 1.165) is 5.69 Å². The van der Waals surface area contributed by atoms with Gasteiger partial charge in [-0.05, 0) is 36.4 Å². The van der Waals surface area contributed by atoms with Crippen molar-refractivity contribution in [2.45, 2.75) is 5.03 Å². The van der Waals surface area contributed by atoms with E-state index in [0.29, 0.717) is 26.5 Å². The molecule has 2 aromatic heterocycles. The monoisotopic (exact) mass is 390 g/mol. The summed E-state index contributed by atoms with van der Waals surface area (Å²) in [6.07, 6.45) is 1.70. The van der Waals surface area contributed by atoms with Crippen molar-refractivity contribution in [1.29, 1.82) is 0 Å². The van der Waals surface area contributed by atoms with Crippen molar-refractivity contribution in [1.82, 2.24) is 15.2 Å². The summed E-state index contributed by atoms with van der Waals surface area (Å²) in [5.41, 5.74) is 1.91. The third-order valence-corrected chi connectivity index (χ3v) is 4.88. The summed E-state index contributed by atoms with van der Waals surface area (Å²) >= 11 is 13.3. The summed E-state index contributed by atoms with van der Waals surface area (Å²) in [4.78, 5) is 16.3. The molecule has 0 aliphatic rings. The maximum Gasteiger partial charge on any atom is 0.234 e. The number of benzene rings is 1. The van der Waals surface area contributed by atoms with Crippen LogP contribution in [0.1, 0.15) is 0 Å². The molecule has 0 atom stereocenters. The van der Waals surface area contributed by atoms with Gasteiger partial charge in [0.15, 0.2) is 0 Å². The second-order valence-corrected chi connectivity index (χ2v) is 6.69. The molecule has 0 aliphatic carbocycles. The van der Waals surface area contributed by atoms with Gasteiger partial charge in [-0.3, -0.25) is 9.78 Å². The SMILES string of the molecule is O=C(CSc1ccc(-c2ccccn2)nn1)Nc1cccc(Cl)c1Cl. The van der Waals surface area contributed by atoms with Gasteiger partial charge in [-0.1, -0.05) is 47.1 Å². The Morgan fingerprint density at radius 1 is 1.00 bits per heavy atom. The van der Waals surface area contributed by atoms with Crippen molar-refractivity contribution in [3.05, 3.63) is 64.8 Å². The standard InChI is InChI=1S/C17H12Cl2N4OS/c18-11-4-3-6-14(17(11)19)21-15(24)10-25-16-8-7-13(22-23-16)12-5-1-2-9-20-12/h1-9H,10H2,(H,21,24). The Morgan fingerprint density at radius 3 is 2.60 bits per heavy atom. The molecule has 8 heteroatoms. The van der Waals surface area contributed by atoms with Crippen LogP contribution in [0, 0.1) is 0 Å². The smallest absolute Gasteiger partial charge is 0.234 e. The average Bonchev–Trinajstić information content (AvgIpc) is 2.65. The fourth-order valence-electron chi connectivity index (χ4n) is 1.97. The molecular weight excluding hydrogens is 379 g/mol. The molecule has 0 unspecified atom stereocenters. The Labute approximate surface area is 158 Å². The molecule has 1 N–H and O–H groups in total. The first kappa shape index (κ1) is 17.7. The molecule has 2 heterocycles. The number of carbonyl (C=O) groups excluding carboxylic acids is 1. The molecule has 1 amide bonds. The lowest BCUT2D eigenvalue weighted by atomic mass is 10.2. The number of pyridine rings is 1. The second-order valence-electron chi connectivity index (χ2n) is 4.91. The van der Waals surface area contributed by atoms with Crippen LogP contribution in [-0.2, 0) is 4.79 Å². The molecule has 3 aromatic rings. The number of anilines is 1. The molecule has 0 saturated heterocycles. The molecule has 126 valence electrons. The van der Waals surface area contributed by atoms with Crippen molar-refractivity contribution >= 4 is 46.6 Å². The summed E-state index contributed by atoms with van der Waals surface area (Å²) in [6.45, 7) is 0. The number of rotatable bonds is 5. The first-order valence-corrected chi connectivity index (χ1v) is 8.99. The van der Waals surface area contributed by atoms with Crippen molar-refractivity contribution < 1.29 is 4.79 Å². The van der Waals surface area contributed by atoms with E-state index >= 15 is 0 Å². The Morgan fingerprint density at radius 2 is 1.88 bits per heavy atom. The molecule has 0 saturated carbocycles. The third kappa shape index (κ3) is 4.69. The summed E-state index contributed by atoms with van der Waals surface area (Å²) < 4.78 is 0. The minimum absolute atomic E-state index is 0.181. The maximum atomic E-state index is 12.0.